The summed E-state index contributed by atoms with van der Waals surface area (Å²) in [5, 5.41) is 7.99. The number of ether oxygens (including phenoxy) is 3. The van der Waals surface area contributed by atoms with Crippen molar-refractivity contribution in [2.45, 2.75) is 6.42 Å². The van der Waals surface area contributed by atoms with Crippen LogP contribution in [0, 0.1) is 0 Å². The van der Waals surface area contributed by atoms with Crippen molar-refractivity contribution in [3.8, 4) is 0 Å². The second kappa shape index (κ2) is 10.4. The van der Waals surface area contributed by atoms with Crippen LogP contribution in [0.4, 0.5) is 0 Å². The summed E-state index contributed by atoms with van der Waals surface area (Å²) in [6.07, 6.45) is -0.0551. The molecule has 0 aromatic rings. The molecule has 3 N–H and O–H groups in total. The van der Waals surface area contributed by atoms with Crippen LogP contribution < -0.4 is 0 Å². The number of carbonyl (C=O) groups excluding carboxylic acids is 1. The van der Waals surface area contributed by atoms with Crippen LogP contribution in [0.5, 0.6) is 0 Å². The van der Waals surface area contributed by atoms with Gasteiger partial charge in [0.2, 0.25) is 0 Å². The van der Waals surface area contributed by atoms with Gasteiger partial charge >= 0.3 is 5.97 Å². The lowest BCUT2D eigenvalue weighted by molar-refractivity contribution is -0.138. The number of halogens is 2. The smallest absolute Gasteiger partial charge is 0.305 e. The van der Waals surface area contributed by atoms with Crippen LogP contribution in [0.3, 0.4) is 0 Å². The third-order valence-corrected chi connectivity index (χ3v) is 5.80. The van der Waals surface area contributed by atoms with Gasteiger partial charge in [-0.1, -0.05) is 34.0 Å². The van der Waals surface area contributed by atoms with Crippen LogP contribution >= 0.6 is 34.0 Å². The summed E-state index contributed by atoms with van der Waals surface area (Å²) in [5.74, 6) is -1.67. The van der Waals surface area contributed by atoms with Crippen molar-refractivity contribution in [3.63, 3.8) is 0 Å². The van der Waals surface area contributed by atoms with Crippen LogP contribution in [0.25, 0.3) is 0 Å². The molecule has 0 radical (unpaired) electrons. The first-order valence-corrected chi connectivity index (χ1v) is 9.15. The summed E-state index contributed by atoms with van der Waals surface area (Å²) < 4.78 is 35.3. The van der Waals surface area contributed by atoms with Gasteiger partial charge in [-0.3, -0.25) is 18.7 Å². The zero-order valence-corrected chi connectivity index (χ0v) is 15.0. The predicted octanol–water partition coefficient (Wildman–Crippen LogP) is 1.67. The summed E-state index contributed by atoms with van der Waals surface area (Å²) in [5.41, 5.74) is 0. The minimum absolute atomic E-state index is 0.0500. The van der Waals surface area contributed by atoms with E-state index in [0.29, 0.717) is 6.61 Å². The standard InChI is InChI=1S/C12H19Cl2NO8S/c13-10-11(14)24(19,20)15(12(10)18)2-4-22-6-8-23-7-5-21-3-1-9(16)17/h19-20H,1-8H2,(H,16,17). The number of nitrogens with zero attached hydrogens (tertiary/aromatic N) is 1. The zero-order chi connectivity index (χ0) is 18.2. The Morgan fingerprint density at radius 1 is 1.00 bits per heavy atom. The van der Waals surface area contributed by atoms with E-state index < -0.39 is 32.0 Å². The van der Waals surface area contributed by atoms with Gasteiger partial charge in [0, 0.05) is 0 Å². The molecule has 24 heavy (non-hydrogen) atoms. The van der Waals surface area contributed by atoms with Crippen LogP contribution in [0.15, 0.2) is 9.40 Å². The Bertz CT molecular complexity index is 488. The molecule has 0 saturated heterocycles. The summed E-state index contributed by atoms with van der Waals surface area (Å²) in [6, 6.07) is 0. The monoisotopic (exact) mass is 407 g/mol. The van der Waals surface area contributed by atoms with Crippen LogP contribution in [0.1, 0.15) is 6.42 Å². The van der Waals surface area contributed by atoms with Gasteiger partial charge in [0.05, 0.1) is 52.6 Å². The lowest BCUT2D eigenvalue weighted by Gasteiger charge is -2.36. The molecule has 140 valence electrons. The highest BCUT2D eigenvalue weighted by Crippen LogP contribution is 2.59. The summed E-state index contributed by atoms with van der Waals surface area (Å²) >= 11 is 11.2. The molecule has 1 aliphatic heterocycles. The molecule has 0 aliphatic carbocycles. The van der Waals surface area contributed by atoms with E-state index in [2.05, 4.69) is 0 Å². The average molecular weight is 408 g/mol. The van der Waals surface area contributed by atoms with Crippen molar-refractivity contribution in [3.05, 3.63) is 9.40 Å². The largest absolute Gasteiger partial charge is 0.481 e. The Hall–Kier alpha value is -0.590. The van der Waals surface area contributed by atoms with Crippen molar-refractivity contribution < 1.29 is 38.0 Å². The molecule has 0 aromatic carbocycles. The molecular weight excluding hydrogens is 389 g/mol. The lowest BCUT2D eigenvalue weighted by atomic mass is 10.5. The highest BCUT2D eigenvalue weighted by molar-refractivity contribution is 8.27. The van der Waals surface area contributed by atoms with Gasteiger partial charge in [0.1, 0.15) is 5.03 Å². The molecule has 0 aromatic heterocycles. The fraction of sp³-hybridized carbons (Fsp3) is 0.667. The number of carbonyl (C=O) groups is 2. The first-order valence-electron chi connectivity index (χ1n) is 6.89. The van der Waals surface area contributed by atoms with E-state index in [1.807, 2.05) is 0 Å². The molecule has 0 fully saturated rings. The maximum Gasteiger partial charge on any atom is 0.305 e. The summed E-state index contributed by atoms with van der Waals surface area (Å²) in [6.45, 7) is 1.17. The third-order valence-electron chi connectivity index (χ3n) is 2.78. The molecule has 12 heteroatoms. The Morgan fingerprint density at radius 3 is 1.96 bits per heavy atom. The number of aliphatic carboxylic acids is 1. The van der Waals surface area contributed by atoms with Gasteiger partial charge in [-0.15, -0.1) is 0 Å². The lowest BCUT2D eigenvalue weighted by Crippen LogP contribution is -2.32. The molecule has 0 saturated carbocycles. The quantitative estimate of drug-likeness (QED) is 0.417. The van der Waals surface area contributed by atoms with Crippen LogP contribution in [-0.4, -0.2) is 76.6 Å². The molecule has 0 spiro atoms. The van der Waals surface area contributed by atoms with Crippen LogP contribution in [0.2, 0.25) is 0 Å². The van der Waals surface area contributed by atoms with Crippen molar-refractivity contribution in [1.82, 2.24) is 4.31 Å². The predicted molar refractivity (Wildman–Crippen MR) is 88.0 cm³/mol. The Morgan fingerprint density at radius 2 is 1.50 bits per heavy atom. The molecule has 0 atom stereocenters. The maximum atomic E-state index is 11.7. The van der Waals surface area contributed by atoms with Gasteiger partial charge in [0.25, 0.3) is 5.91 Å². The maximum absolute atomic E-state index is 11.7. The molecule has 1 rings (SSSR count). The highest BCUT2D eigenvalue weighted by atomic mass is 35.5. The van der Waals surface area contributed by atoms with Gasteiger partial charge in [-0.25, -0.2) is 4.31 Å². The molecule has 0 unspecified atom stereocenters. The fourth-order valence-corrected chi connectivity index (χ4v) is 3.57. The number of amides is 1. The topological polar surface area (TPSA) is 126 Å². The molecule has 1 heterocycles. The number of hydrogen-bond acceptors (Lipinski definition) is 7. The van der Waals surface area contributed by atoms with Crippen molar-refractivity contribution >= 4 is 45.9 Å². The van der Waals surface area contributed by atoms with E-state index in [1.54, 1.807) is 0 Å². The normalized spacial score (nSPS) is 18.3. The SMILES string of the molecule is O=C(O)CCOCCOCCOCCN1C(=O)C(Cl)=C(Cl)S1(O)O. The van der Waals surface area contributed by atoms with Crippen molar-refractivity contribution in [1.29, 1.82) is 0 Å². The van der Waals surface area contributed by atoms with Crippen molar-refractivity contribution in [2.24, 2.45) is 0 Å². The summed E-state index contributed by atoms with van der Waals surface area (Å²) in [4.78, 5) is 21.9. The van der Waals surface area contributed by atoms with E-state index in [-0.39, 0.29) is 46.0 Å². The number of hydrogen-bond donors (Lipinski definition) is 3. The summed E-state index contributed by atoms with van der Waals surface area (Å²) in [7, 11) is -3.55. The molecule has 9 nitrogen and oxygen atoms in total. The van der Waals surface area contributed by atoms with E-state index >= 15 is 0 Å². The van der Waals surface area contributed by atoms with Gasteiger partial charge in [-0.2, -0.15) is 0 Å². The van der Waals surface area contributed by atoms with E-state index in [9.17, 15) is 18.7 Å². The van der Waals surface area contributed by atoms with Crippen molar-refractivity contribution in [2.75, 3.05) is 46.2 Å². The second-order valence-corrected chi connectivity index (χ2v) is 7.36. The zero-order valence-electron chi connectivity index (χ0n) is 12.7. The van der Waals surface area contributed by atoms with Gasteiger partial charge < -0.3 is 19.3 Å². The Balaban J connectivity index is 2.03. The van der Waals surface area contributed by atoms with Gasteiger partial charge in [-0.05, 0) is 0 Å². The first kappa shape index (κ1) is 21.5. The van der Waals surface area contributed by atoms with E-state index in [1.165, 1.54) is 0 Å². The molecule has 1 amide bonds. The first-order chi connectivity index (χ1) is 11.3. The van der Waals surface area contributed by atoms with Gasteiger partial charge in [0.15, 0.2) is 4.36 Å². The van der Waals surface area contributed by atoms with E-state index in [0.717, 1.165) is 4.31 Å². The molecule has 1 aliphatic rings. The van der Waals surface area contributed by atoms with E-state index in [4.69, 9.17) is 42.5 Å². The Labute approximate surface area is 150 Å². The number of rotatable bonds is 12. The average Bonchev–Trinajstić information content (AvgIpc) is 2.66. The van der Waals surface area contributed by atoms with Crippen LogP contribution in [-0.2, 0) is 23.8 Å². The molecule has 0 bridgehead atoms. The second-order valence-electron chi connectivity index (χ2n) is 4.49. The number of carboxylic acid groups (broad SMARTS) is 1. The Kier molecular flexibility index (Phi) is 9.31. The third kappa shape index (κ3) is 6.37. The number of carboxylic acids is 1. The minimum Gasteiger partial charge on any atom is -0.481 e. The fourth-order valence-electron chi connectivity index (χ4n) is 1.60. The molecular formula is C12H19Cl2NO8S. The highest BCUT2D eigenvalue weighted by Gasteiger charge is 2.42. The minimum atomic E-state index is -3.55.